The molecule has 0 fully saturated rings. The van der Waals surface area contributed by atoms with Gasteiger partial charge in [-0.3, -0.25) is 5.32 Å². The number of ether oxygens (including phenoxy) is 1. The van der Waals surface area contributed by atoms with Crippen LogP contribution in [0.5, 0.6) is 0 Å². The molecule has 5 nitrogen and oxygen atoms in total. The van der Waals surface area contributed by atoms with Gasteiger partial charge in [0.15, 0.2) is 0 Å². The van der Waals surface area contributed by atoms with Gasteiger partial charge >= 0.3 is 6.09 Å². The summed E-state index contributed by atoms with van der Waals surface area (Å²) in [6, 6.07) is 9.27. The number of hydrogen-bond acceptors (Lipinski definition) is 4. The highest BCUT2D eigenvalue weighted by Gasteiger charge is 2.17. The molecule has 0 saturated carbocycles. The van der Waals surface area contributed by atoms with E-state index >= 15 is 0 Å². The van der Waals surface area contributed by atoms with Gasteiger partial charge < -0.3 is 9.26 Å². The fourth-order valence-electron chi connectivity index (χ4n) is 1.50. The van der Waals surface area contributed by atoms with Crippen molar-refractivity contribution in [1.82, 2.24) is 5.16 Å². The van der Waals surface area contributed by atoms with Crippen molar-refractivity contribution in [3.05, 3.63) is 34.8 Å². The standard InChI is InChI=1S/C14H15BrN2O3/c1-14(2,3)19-13(18)16-12-8-11(17-20-12)9-4-6-10(15)7-5-9/h4-8H,1-3H3,(H,16,18). The maximum atomic E-state index is 11.6. The van der Waals surface area contributed by atoms with Crippen LogP contribution in [0, 0.1) is 0 Å². The minimum absolute atomic E-state index is 0.247. The highest BCUT2D eigenvalue weighted by atomic mass is 79.9. The third-order valence-corrected chi connectivity index (χ3v) is 2.80. The molecule has 0 spiro atoms. The van der Waals surface area contributed by atoms with E-state index in [1.54, 1.807) is 26.8 Å². The van der Waals surface area contributed by atoms with Crippen LogP contribution in [0.3, 0.4) is 0 Å². The number of amides is 1. The Morgan fingerprint density at radius 2 is 1.95 bits per heavy atom. The van der Waals surface area contributed by atoms with Gasteiger partial charge in [0.1, 0.15) is 11.3 Å². The highest BCUT2D eigenvalue weighted by molar-refractivity contribution is 9.10. The van der Waals surface area contributed by atoms with Crippen LogP contribution >= 0.6 is 15.9 Å². The van der Waals surface area contributed by atoms with Crippen LogP contribution in [0.2, 0.25) is 0 Å². The summed E-state index contributed by atoms with van der Waals surface area (Å²) in [5.41, 5.74) is 0.983. The van der Waals surface area contributed by atoms with Crippen molar-refractivity contribution < 1.29 is 14.1 Å². The Labute approximate surface area is 125 Å². The minimum atomic E-state index is -0.573. The first-order valence-corrected chi connectivity index (χ1v) is 6.85. The molecule has 0 aliphatic heterocycles. The molecular weight excluding hydrogens is 324 g/mol. The summed E-state index contributed by atoms with van der Waals surface area (Å²) in [5, 5.41) is 6.41. The number of halogens is 1. The molecule has 0 atom stereocenters. The Hall–Kier alpha value is -1.82. The van der Waals surface area contributed by atoms with Gasteiger partial charge in [-0.1, -0.05) is 33.2 Å². The zero-order valence-corrected chi connectivity index (χ0v) is 13.0. The van der Waals surface area contributed by atoms with Gasteiger partial charge in [-0.25, -0.2) is 4.79 Å². The average Bonchev–Trinajstić information content (AvgIpc) is 2.75. The molecule has 1 aromatic heterocycles. The number of anilines is 1. The fourth-order valence-corrected chi connectivity index (χ4v) is 1.76. The Kier molecular flexibility index (Phi) is 4.13. The lowest BCUT2D eigenvalue weighted by molar-refractivity contribution is 0.0631. The Morgan fingerprint density at radius 3 is 2.55 bits per heavy atom. The molecule has 2 aromatic rings. The van der Waals surface area contributed by atoms with E-state index in [2.05, 4.69) is 26.4 Å². The molecule has 0 unspecified atom stereocenters. The van der Waals surface area contributed by atoms with Gasteiger partial charge in [0.2, 0.25) is 5.88 Å². The van der Waals surface area contributed by atoms with Crippen LogP contribution in [0.15, 0.2) is 39.3 Å². The van der Waals surface area contributed by atoms with E-state index in [4.69, 9.17) is 9.26 Å². The highest BCUT2D eigenvalue weighted by Crippen LogP contribution is 2.23. The molecule has 106 valence electrons. The summed E-state index contributed by atoms with van der Waals surface area (Å²) in [5.74, 6) is 0.247. The summed E-state index contributed by atoms with van der Waals surface area (Å²) < 4.78 is 11.2. The number of nitrogens with zero attached hydrogens (tertiary/aromatic N) is 1. The number of benzene rings is 1. The van der Waals surface area contributed by atoms with Gasteiger partial charge in [-0.05, 0) is 32.9 Å². The lowest BCUT2D eigenvalue weighted by Crippen LogP contribution is -2.27. The van der Waals surface area contributed by atoms with Gasteiger partial charge in [-0.2, -0.15) is 0 Å². The van der Waals surface area contributed by atoms with Crippen molar-refractivity contribution in [3.63, 3.8) is 0 Å². The normalized spacial score (nSPS) is 11.2. The van der Waals surface area contributed by atoms with Crippen molar-refractivity contribution in [2.24, 2.45) is 0 Å². The van der Waals surface area contributed by atoms with E-state index in [0.29, 0.717) is 5.69 Å². The van der Waals surface area contributed by atoms with Gasteiger partial charge in [0.25, 0.3) is 0 Å². The topological polar surface area (TPSA) is 64.4 Å². The van der Waals surface area contributed by atoms with Crippen molar-refractivity contribution >= 4 is 27.9 Å². The molecule has 0 aliphatic carbocycles. The Morgan fingerprint density at radius 1 is 1.30 bits per heavy atom. The van der Waals surface area contributed by atoms with E-state index in [1.165, 1.54) is 0 Å². The lowest BCUT2D eigenvalue weighted by atomic mass is 10.1. The number of rotatable bonds is 2. The van der Waals surface area contributed by atoms with Crippen LogP contribution in [0.1, 0.15) is 20.8 Å². The second-order valence-corrected chi connectivity index (χ2v) is 6.13. The van der Waals surface area contributed by atoms with E-state index in [1.807, 2.05) is 24.3 Å². The van der Waals surface area contributed by atoms with Crippen molar-refractivity contribution in [1.29, 1.82) is 0 Å². The first-order chi connectivity index (χ1) is 9.33. The number of hydrogen-bond donors (Lipinski definition) is 1. The van der Waals surface area contributed by atoms with Gasteiger partial charge in [0.05, 0.1) is 0 Å². The number of aromatic nitrogens is 1. The predicted octanol–water partition coefficient (Wildman–Crippen LogP) is 4.45. The summed E-state index contributed by atoms with van der Waals surface area (Å²) in [7, 11) is 0. The molecule has 2 rings (SSSR count). The SMILES string of the molecule is CC(C)(C)OC(=O)Nc1cc(-c2ccc(Br)cc2)no1. The Bertz CT molecular complexity index is 600. The molecule has 1 aromatic carbocycles. The average molecular weight is 339 g/mol. The van der Waals surface area contributed by atoms with Crippen LogP contribution in [-0.4, -0.2) is 16.9 Å². The lowest BCUT2D eigenvalue weighted by Gasteiger charge is -2.18. The quantitative estimate of drug-likeness (QED) is 0.878. The number of nitrogens with one attached hydrogen (secondary N) is 1. The van der Waals surface area contributed by atoms with Crippen LogP contribution in [0.4, 0.5) is 10.7 Å². The molecule has 0 radical (unpaired) electrons. The molecule has 6 heteroatoms. The first-order valence-electron chi connectivity index (χ1n) is 6.06. The number of carbonyl (C=O) groups is 1. The third-order valence-electron chi connectivity index (χ3n) is 2.27. The summed E-state index contributed by atoms with van der Waals surface area (Å²) in [6.07, 6.45) is -0.573. The maximum absolute atomic E-state index is 11.6. The van der Waals surface area contributed by atoms with Crippen molar-refractivity contribution in [2.75, 3.05) is 5.32 Å². The second-order valence-electron chi connectivity index (χ2n) is 5.21. The summed E-state index contributed by atoms with van der Waals surface area (Å²) in [4.78, 5) is 11.6. The second kappa shape index (κ2) is 5.66. The molecule has 20 heavy (non-hydrogen) atoms. The van der Waals surface area contributed by atoms with E-state index in [-0.39, 0.29) is 5.88 Å². The predicted molar refractivity (Wildman–Crippen MR) is 79.5 cm³/mol. The molecular formula is C14H15BrN2O3. The summed E-state index contributed by atoms with van der Waals surface area (Å²) >= 11 is 3.37. The summed E-state index contributed by atoms with van der Waals surface area (Å²) in [6.45, 7) is 5.38. The maximum Gasteiger partial charge on any atom is 0.414 e. The van der Waals surface area contributed by atoms with E-state index in [9.17, 15) is 4.79 Å². The van der Waals surface area contributed by atoms with Crippen molar-refractivity contribution in [3.8, 4) is 11.3 Å². The smallest absolute Gasteiger partial charge is 0.414 e. The van der Waals surface area contributed by atoms with Gasteiger partial charge in [0, 0.05) is 16.1 Å². The van der Waals surface area contributed by atoms with Gasteiger partial charge in [-0.15, -0.1) is 0 Å². The monoisotopic (exact) mass is 338 g/mol. The molecule has 0 aliphatic rings. The first kappa shape index (κ1) is 14.6. The molecule has 0 saturated heterocycles. The Balaban J connectivity index is 2.06. The van der Waals surface area contributed by atoms with Crippen LogP contribution in [0.25, 0.3) is 11.3 Å². The van der Waals surface area contributed by atoms with E-state index < -0.39 is 11.7 Å². The zero-order chi connectivity index (χ0) is 14.8. The fraction of sp³-hybridized carbons (Fsp3) is 0.286. The minimum Gasteiger partial charge on any atom is -0.444 e. The van der Waals surface area contributed by atoms with Crippen molar-refractivity contribution in [2.45, 2.75) is 26.4 Å². The molecule has 1 heterocycles. The molecule has 1 amide bonds. The van der Waals surface area contributed by atoms with Crippen LogP contribution < -0.4 is 5.32 Å². The third kappa shape index (κ3) is 4.09. The largest absolute Gasteiger partial charge is 0.444 e. The zero-order valence-electron chi connectivity index (χ0n) is 11.4. The van der Waals surface area contributed by atoms with E-state index in [0.717, 1.165) is 10.0 Å². The van der Waals surface area contributed by atoms with Crippen LogP contribution in [-0.2, 0) is 4.74 Å². The molecule has 1 N–H and O–H groups in total. The number of carbonyl (C=O) groups excluding carboxylic acids is 1. The molecule has 0 bridgehead atoms.